The molecule has 0 bridgehead atoms. The van der Waals surface area contributed by atoms with Crippen molar-refractivity contribution >= 4 is 35.1 Å². The van der Waals surface area contributed by atoms with E-state index in [1.807, 2.05) is 0 Å². The van der Waals surface area contributed by atoms with Gasteiger partial charge in [0.25, 0.3) is 5.91 Å². The lowest BCUT2D eigenvalue weighted by atomic mass is 10.1. The maximum atomic E-state index is 12.2. The van der Waals surface area contributed by atoms with Crippen LogP contribution in [-0.2, 0) is 4.79 Å². The van der Waals surface area contributed by atoms with Crippen molar-refractivity contribution in [1.29, 1.82) is 0 Å². The van der Waals surface area contributed by atoms with E-state index in [9.17, 15) is 9.59 Å². The third kappa shape index (κ3) is 5.18. The standard InChI is InChI=1S/C16H21Cl2N3O3/c1-20(2)16(23)19-12-5-7-21(8-6-12)15(22)10-24-14-4-3-11(17)9-13(14)18/h3-4,9,12H,5-8,10H2,1-2H3,(H,19,23). The maximum Gasteiger partial charge on any atom is 0.317 e. The fraction of sp³-hybridized carbons (Fsp3) is 0.500. The van der Waals surface area contributed by atoms with Gasteiger partial charge in [0, 0.05) is 38.2 Å². The molecule has 1 saturated heterocycles. The number of ether oxygens (including phenoxy) is 1. The number of hydrogen-bond donors (Lipinski definition) is 1. The van der Waals surface area contributed by atoms with E-state index < -0.39 is 0 Å². The molecular weight excluding hydrogens is 353 g/mol. The first-order chi connectivity index (χ1) is 11.4. The zero-order valence-electron chi connectivity index (χ0n) is 13.7. The molecule has 132 valence electrons. The van der Waals surface area contributed by atoms with Crippen LogP contribution in [0.1, 0.15) is 12.8 Å². The van der Waals surface area contributed by atoms with Crippen LogP contribution in [0.15, 0.2) is 18.2 Å². The van der Waals surface area contributed by atoms with E-state index in [-0.39, 0.29) is 24.6 Å². The first-order valence-electron chi connectivity index (χ1n) is 7.70. The lowest BCUT2D eigenvalue weighted by molar-refractivity contribution is -0.134. The van der Waals surface area contributed by atoms with Crippen molar-refractivity contribution in [3.8, 4) is 5.75 Å². The number of nitrogens with zero attached hydrogens (tertiary/aromatic N) is 2. The summed E-state index contributed by atoms with van der Waals surface area (Å²) in [6.07, 6.45) is 1.46. The maximum absolute atomic E-state index is 12.2. The number of amides is 3. The Morgan fingerprint density at radius 1 is 1.29 bits per heavy atom. The molecule has 0 spiro atoms. The van der Waals surface area contributed by atoms with Gasteiger partial charge in [-0.15, -0.1) is 0 Å². The zero-order valence-corrected chi connectivity index (χ0v) is 15.2. The van der Waals surface area contributed by atoms with Crippen LogP contribution in [0.4, 0.5) is 4.79 Å². The van der Waals surface area contributed by atoms with Gasteiger partial charge in [-0.05, 0) is 31.0 Å². The normalized spacial score (nSPS) is 15.1. The van der Waals surface area contributed by atoms with Gasteiger partial charge < -0.3 is 19.9 Å². The Morgan fingerprint density at radius 3 is 2.54 bits per heavy atom. The molecule has 0 aliphatic carbocycles. The van der Waals surface area contributed by atoms with Crippen LogP contribution < -0.4 is 10.1 Å². The molecule has 24 heavy (non-hydrogen) atoms. The number of carbonyl (C=O) groups is 2. The highest BCUT2D eigenvalue weighted by atomic mass is 35.5. The van der Waals surface area contributed by atoms with E-state index in [1.54, 1.807) is 37.2 Å². The molecule has 1 aliphatic heterocycles. The van der Waals surface area contributed by atoms with E-state index in [0.29, 0.717) is 28.9 Å². The number of likely N-dealkylation sites (tertiary alicyclic amines) is 1. The summed E-state index contributed by atoms with van der Waals surface area (Å²) < 4.78 is 5.47. The van der Waals surface area contributed by atoms with Crippen molar-refractivity contribution in [3.05, 3.63) is 28.2 Å². The minimum atomic E-state index is -0.111. The molecule has 0 radical (unpaired) electrons. The quantitative estimate of drug-likeness (QED) is 0.882. The summed E-state index contributed by atoms with van der Waals surface area (Å²) in [7, 11) is 3.40. The number of rotatable bonds is 4. The number of halogens is 2. The monoisotopic (exact) mass is 373 g/mol. The highest BCUT2D eigenvalue weighted by Crippen LogP contribution is 2.27. The molecule has 0 aromatic heterocycles. The average Bonchev–Trinajstić information content (AvgIpc) is 2.54. The van der Waals surface area contributed by atoms with Crippen LogP contribution in [0, 0.1) is 0 Å². The van der Waals surface area contributed by atoms with E-state index in [2.05, 4.69) is 5.32 Å². The van der Waals surface area contributed by atoms with Crippen molar-refractivity contribution in [2.75, 3.05) is 33.8 Å². The predicted molar refractivity (Wildman–Crippen MR) is 93.8 cm³/mol. The molecule has 0 atom stereocenters. The molecule has 1 fully saturated rings. The van der Waals surface area contributed by atoms with Gasteiger partial charge in [-0.1, -0.05) is 23.2 Å². The zero-order chi connectivity index (χ0) is 17.7. The number of carbonyl (C=O) groups excluding carboxylic acids is 2. The van der Waals surface area contributed by atoms with Crippen LogP contribution in [0.25, 0.3) is 0 Å². The Morgan fingerprint density at radius 2 is 1.96 bits per heavy atom. The van der Waals surface area contributed by atoms with Crippen molar-refractivity contribution in [2.45, 2.75) is 18.9 Å². The van der Waals surface area contributed by atoms with Crippen LogP contribution in [0.2, 0.25) is 10.0 Å². The minimum Gasteiger partial charge on any atom is -0.482 e. The number of urea groups is 1. The molecule has 0 saturated carbocycles. The Balaban J connectivity index is 1.77. The summed E-state index contributed by atoms with van der Waals surface area (Å²) in [6, 6.07) is 4.85. The molecule has 1 aromatic rings. The molecule has 8 heteroatoms. The number of benzene rings is 1. The Hall–Kier alpha value is -1.66. The molecule has 1 heterocycles. The highest BCUT2D eigenvalue weighted by molar-refractivity contribution is 6.35. The van der Waals surface area contributed by atoms with Crippen LogP contribution in [-0.4, -0.2) is 61.6 Å². The summed E-state index contributed by atoms with van der Waals surface area (Å²) in [5.41, 5.74) is 0. The van der Waals surface area contributed by atoms with Crippen LogP contribution in [0.3, 0.4) is 0 Å². The fourth-order valence-electron chi connectivity index (χ4n) is 2.40. The van der Waals surface area contributed by atoms with Crippen molar-refractivity contribution < 1.29 is 14.3 Å². The van der Waals surface area contributed by atoms with E-state index in [4.69, 9.17) is 27.9 Å². The van der Waals surface area contributed by atoms with Gasteiger partial charge in [-0.2, -0.15) is 0 Å². The van der Waals surface area contributed by atoms with E-state index >= 15 is 0 Å². The second-order valence-corrected chi connectivity index (χ2v) is 6.71. The third-order valence-corrected chi connectivity index (χ3v) is 4.36. The Bertz CT molecular complexity index is 602. The van der Waals surface area contributed by atoms with Crippen LogP contribution >= 0.6 is 23.2 Å². The van der Waals surface area contributed by atoms with Gasteiger partial charge in [0.2, 0.25) is 0 Å². The molecule has 0 unspecified atom stereocenters. The molecular formula is C16H21Cl2N3O3. The predicted octanol–water partition coefficient (Wildman–Crippen LogP) is 2.63. The third-order valence-electron chi connectivity index (χ3n) is 3.83. The van der Waals surface area contributed by atoms with Gasteiger partial charge >= 0.3 is 6.03 Å². The summed E-state index contributed by atoms with van der Waals surface area (Å²) in [5.74, 6) is 0.334. The molecule has 1 N–H and O–H groups in total. The van der Waals surface area contributed by atoms with Gasteiger partial charge in [-0.25, -0.2) is 4.79 Å². The second-order valence-electron chi connectivity index (χ2n) is 5.86. The van der Waals surface area contributed by atoms with Gasteiger partial charge in [0.05, 0.1) is 5.02 Å². The Labute approximate surface area is 151 Å². The molecule has 2 rings (SSSR count). The topological polar surface area (TPSA) is 61.9 Å². The molecule has 3 amide bonds. The van der Waals surface area contributed by atoms with Gasteiger partial charge in [0.15, 0.2) is 6.61 Å². The fourth-order valence-corrected chi connectivity index (χ4v) is 2.86. The van der Waals surface area contributed by atoms with E-state index in [1.165, 1.54) is 4.90 Å². The van der Waals surface area contributed by atoms with Gasteiger partial charge in [-0.3, -0.25) is 4.79 Å². The van der Waals surface area contributed by atoms with E-state index in [0.717, 1.165) is 12.8 Å². The summed E-state index contributed by atoms with van der Waals surface area (Å²) in [5, 5.41) is 3.83. The first-order valence-corrected chi connectivity index (χ1v) is 8.46. The van der Waals surface area contributed by atoms with Crippen molar-refractivity contribution in [3.63, 3.8) is 0 Å². The highest BCUT2D eigenvalue weighted by Gasteiger charge is 2.24. The summed E-state index contributed by atoms with van der Waals surface area (Å²) in [4.78, 5) is 27.1. The lowest BCUT2D eigenvalue weighted by Crippen LogP contribution is -2.49. The number of hydrogen-bond acceptors (Lipinski definition) is 3. The number of piperidine rings is 1. The molecule has 1 aromatic carbocycles. The average molecular weight is 374 g/mol. The van der Waals surface area contributed by atoms with Crippen LogP contribution in [0.5, 0.6) is 5.75 Å². The number of nitrogens with one attached hydrogen (secondary N) is 1. The van der Waals surface area contributed by atoms with Gasteiger partial charge in [0.1, 0.15) is 5.75 Å². The SMILES string of the molecule is CN(C)C(=O)NC1CCN(C(=O)COc2ccc(Cl)cc2Cl)CC1. The minimum absolute atomic E-state index is 0.0733. The largest absolute Gasteiger partial charge is 0.482 e. The summed E-state index contributed by atoms with van der Waals surface area (Å²) >= 11 is 11.8. The molecule has 6 nitrogen and oxygen atoms in total. The Kier molecular flexibility index (Phi) is 6.57. The lowest BCUT2D eigenvalue weighted by Gasteiger charge is -2.32. The summed E-state index contributed by atoms with van der Waals surface area (Å²) in [6.45, 7) is 1.11. The first kappa shape index (κ1) is 18.7. The second kappa shape index (κ2) is 8.44. The van der Waals surface area contributed by atoms with Crippen molar-refractivity contribution in [2.24, 2.45) is 0 Å². The smallest absolute Gasteiger partial charge is 0.317 e. The molecule has 1 aliphatic rings. The van der Waals surface area contributed by atoms with Crippen molar-refractivity contribution in [1.82, 2.24) is 15.1 Å².